The second-order valence-corrected chi connectivity index (χ2v) is 7.12. The maximum atomic E-state index is 12.1. The van der Waals surface area contributed by atoms with Crippen LogP contribution in [0.3, 0.4) is 0 Å². The lowest BCUT2D eigenvalue weighted by atomic mass is 10.2. The van der Waals surface area contributed by atoms with Gasteiger partial charge in [-0.2, -0.15) is 0 Å². The maximum Gasteiger partial charge on any atom is 0.412 e. The zero-order chi connectivity index (χ0) is 18.5. The molecule has 5 nitrogen and oxygen atoms in total. The average molecular weight is 432 g/mol. The molecule has 0 atom stereocenters. The van der Waals surface area contributed by atoms with Gasteiger partial charge in [-0.3, -0.25) is 5.32 Å². The summed E-state index contributed by atoms with van der Waals surface area (Å²) in [7, 11) is 0. The molecule has 0 aliphatic carbocycles. The highest BCUT2D eigenvalue weighted by Gasteiger charge is 2.24. The number of anilines is 1. The largest absolute Gasteiger partial charge is 0.477 e. The van der Waals surface area contributed by atoms with Crippen molar-refractivity contribution in [3.05, 3.63) is 75.6 Å². The van der Waals surface area contributed by atoms with Crippen LogP contribution in [-0.4, -0.2) is 17.2 Å². The van der Waals surface area contributed by atoms with Crippen molar-refractivity contribution in [1.82, 2.24) is 0 Å². The first kappa shape index (κ1) is 18.2. The number of aromatic carboxylic acids is 1. The normalized spacial score (nSPS) is 10.3. The van der Waals surface area contributed by atoms with Crippen molar-refractivity contribution in [3.8, 4) is 10.4 Å². The molecule has 2 aromatic carbocycles. The second-order valence-electron chi connectivity index (χ2n) is 5.31. The van der Waals surface area contributed by atoms with Crippen LogP contribution >= 0.6 is 27.3 Å². The van der Waals surface area contributed by atoms with Crippen molar-refractivity contribution in [1.29, 1.82) is 0 Å². The predicted molar refractivity (Wildman–Crippen MR) is 105 cm³/mol. The fourth-order valence-corrected chi connectivity index (χ4v) is 4.20. The Morgan fingerprint density at radius 3 is 2.27 bits per heavy atom. The van der Waals surface area contributed by atoms with E-state index in [0.29, 0.717) is 4.47 Å². The Morgan fingerprint density at radius 1 is 1.04 bits per heavy atom. The van der Waals surface area contributed by atoms with Crippen LogP contribution in [0.2, 0.25) is 0 Å². The summed E-state index contributed by atoms with van der Waals surface area (Å²) in [6, 6.07) is 18.6. The van der Waals surface area contributed by atoms with Gasteiger partial charge < -0.3 is 9.84 Å². The van der Waals surface area contributed by atoms with Crippen molar-refractivity contribution < 1.29 is 19.4 Å². The number of carbonyl (C=O) groups excluding carboxylic acids is 1. The third-order valence-corrected chi connectivity index (χ3v) is 5.80. The van der Waals surface area contributed by atoms with E-state index in [2.05, 4.69) is 21.2 Å². The van der Waals surface area contributed by atoms with Gasteiger partial charge in [-0.15, -0.1) is 11.3 Å². The van der Waals surface area contributed by atoms with E-state index in [9.17, 15) is 14.7 Å². The molecule has 0 bridgehead atoms. The summed E-state index contributed by atoms with van der Waals surface area (Å²) in [5, 5.41) is 12.0. The number of nitrogens with one attached hydrogen (secondary N) is 1. The number of hydrogen-bond acceptors (Lipinski definition) is 4. The van der Waals surface area contributed by atoms with Crippen LogP contribution < -0.4 is 5.32 Å². The van der Waals surface area contributed by atoms with Gasteiger partial charge in [0.15, 0.2) is 0 Å². The number of carbonyl (C=O) groups is 2. The molecule has 26 heavy (non-hydrogen) atoms. The number of hydrogen-bond donors (Lipinski definition) is 2. The van der Waals surface area contributed by atoms with Gasteiger partial charge in [-0.25, -0.2) is 9.59 Å². The number of amides is 1. The van der Waals surface area contributed by atoms with E-state index in [0.717, 1.165) is 27.3 Å². The fourth-order valence-electron chi connectivity index (χ4n) is 2.31. The van der Waals surface area contributed by atoms with Crippen molar-refractivity contribution in [2.24, 2.45) is 0 Å². The van der Waals surface area contributed by atoms with Gasteiger partial charge in [-0.05, 0) is 27.1 Å². The molecule has 1 heterocycles. The SMILES string of the molecule is O=C(Nc1c(C(=O)O)sc(-c2ccccc2)c1Br)OCc1ccccc1. The number of carboxylic acid groups (broad SMARTS) is 1. The average Bonchev–Trinajstić information content (AvgIpc) is 2.98. The Morgan fingerprint density at radius 2 is 1.65 bits per heavy atom. The molecule has 3 rings (SSSR count). The van der Waals surface area contributed by atoms with Crippen molar-refractivity contribution in [2.75, 3.05) is 5.32 Å². The van der Waals surface area contributed by atoms with Gasteiger partial charge in [0.05, 0.1) is 15.0 Å². The highest BCUT2D eigenvalue weighted by molar-refractivity contribution is 9.10. The summed E-state index contributed by atoms with van der Waals surface area (Å²) in [6.07, 6.45) is -0.713. The lowest BCUT2D eigenvalue weighted by Crippen LogP contribution is -2.15. The molecule has 1 aromatic heterocycles. The molecule has 0 saturated carbocycles. The summed E-state index contributed by atoms with van der Waals surface area (Å²) >= 11 is 4.50. The second kappa shape index (κ2) is 8.16. The predicted octanol–water partition coefficient (Wildman–Crippen LogP) is 5.62. The van der Waals surface area contributed by atoms with Gasteiger partial charge >= 0.3 is 12.1 Å². The summed E-state index contributed by atoms with van der Waals surface area (Å²) in [4.78, 5) is 24.5. The topological polar surface area (TPSA) is 75.6 Å². The first-order valence-electron chi connectivity index (χ1n) is 7.65. The van der Waals surface area contributed by atoms with E-state index in [1.54, 1.807) is 0 Å². The van der Waals surface area contributed by atoms with Gasteiger partial charge in [-0.1, -0.05) is 60.7 Å². The Labute approximate surface area is 162 Å². The Hall–Kier alpha value is -2.64. The van der Waals surface area contributed by atoms with Crippen molar-refractivity contribution >= 4 is 45.0 Å². The summed E-state index contributed by atoms with van der Waals surface area (Å²) in [6.45, 7) is 0.0996. The minimum atomic E-state index is -1.11. The molecular weight excluding hydrogens is 418 g/mol. The molecule has 1 amide bonds. The van der Waals surface area contributed by atoms with E-state index < -0.39 is 12.1 Å². The number of ether oxygens (including phenoxy) is 1. The van der Waals surface area contributed by atoms with E-state index in [1.165, 1.54) is 0 Å². The van der Waals surface area contributed by atoms with Crippen molar-refractivity contribution in [2.45, 2.75) is 6.61 Å². The number of rotatable bonds is 5. The van der Waals surface area contributed by atoms with Crippen LogP contribution in [0.1, 0.15) is 15.2 Å². The quantitative estimate of drug-likeness (QED) is 0.549. The molecule has 7 heteroatoms. The molecule has 0 saturated heterocycles. The Kier molecular flexibility index (Phi) is 5.70. The third-order valence-electron chi connectivity index (χ3n) is 3.52. The lowest BCUT2D eigenvalue weighted by molar-refractivity contribution is 0.0703. The van der Waals surface area contributed by atoms with Crippen LogP contribution in [0.5, 0.6) is 0 Å². The van der Waals surface area contributed by atoms with Gasteiger partial charge in [0.2, 0.25) is 0 Å². The Balaban J connectivity index is 1.81. The highest BCUT2D eigenvalue weighted by atomic mass is 79.9. The van der Waals surface area contributed by atoms with Crippen LogP contribution in [0.4, 0.5) is 10.5 Å². The standard InChI is InChI=1S/C19H14BrNO4S/c20-14-15(21-19(24)25-11-12-7-3-1-4-8-12)17(18(22)23)26-16(14)13-9-5-2-6-10-13/h1-10H,11H2,(H,21,24)(H,22,23). The molecule has 0 spiro atoms. The molecule has 3 aromatic rings. The van der Waals surface area contributed by atoms with E-state index in [-0.39, 0.29) is 17.2 Å². The lowest BCUT2D eigenvalue weighted by Gasteiger charge is -2.08. The smallest absolute Gasteiger partial charge is 0.412 e. The number of benzene rings is 2. The number of thiophene rings is 1. The van der Waals surface area contributed by atoms with E-state index in [1.807, 2.05) is 60.7 Å². The zero-order valence-corrected chi connectivity index (χ0v) is 15.8. The van der Waals surface area contributed by atoms with Crippen LogP contribution in [0, 0.1) is 0 Å². The van der Waals surface area contributed by atoms with Crippen LogP contribution in [0.15, 0.2) is 65.1 Å². The molecule has 2 N–H and O–H groups in total. The molecule has 0 aliphatic rings. The van der Waals surface area contributed by atoms with Gasteiger partial charge in [0.1, 0.15) is 11.5 Å². The van der Waals surface area contributed by atoms with Crippen LogP contribution in [-0.2, 0) is 11.3 Å². The molecular formula is C19H14BrNO4S. The molecule has 0 fully saturated rings. The first-order chi connectivity index (χ1) is 12.6. The number of carboxylic acids is 1. The van der Waals surface area contributed by atoms with E-state index in [4.69, 9.17) is 4.74 Å². The van der Waals surface area contributed by atoms with Gasteiger partial charge in [0, 0.05) is 0 Å². The summed E-state index contributed by atoms with van der Waals surface area (Å²) < 4.78 is 5.69. The van der Waals surface area contributed by atoms with E-state index >= 15 is 0 Å². The van der Waals surface area contributed by atoms with Crippen LogP contribution in [0.25, 0.3) is 10.4 Å². The van der Waals surface area contributed by atoms with Gasteiger partial charge in [0.25, 0.3) is 0 Å². The Bertz CT molecular complexity index is 925. The number of halogens is 1. The zero-order valence-electron chi connectivity index (χ0n) is 13.4. The minimum Gasteiger partial charge on any atom is -0.477 e. The summed E-state index contributed by atoms with van der Waals surface area (Å²) in [5.41, 5.74) is 1.90. The molecule has 0 aliphatic heterocycles. The monoisotopic (exact) mass is 431 g/mol. The first-order valence-corrected chi connectivity index (χ1v) is 9.26. The highest BCUT2D eigenvalue weighted by Crippen LogP contribution is 2.44. The molecule has 0 radical (unpaired) electrons. The van der Waals surface area contributed by atoms with Crippen molar-refractivity contribution in [3.63, 3.8) is 0 Å². The maximum absolute atomic E-state index is 12.1. The minimum absolute atomic E-state index is 0.0346. The third kappa shape index (κ3) is 4.12. The summed E-state index contributed by atoms with van der Waals surface area (Å²) in [5.74, 6) is -1.11. The molecule has 132 valence electrons. The fraction of sp³-hybridized carbons (Fsp3) is 0.0526. The molecule has 0 unspecified atom stereocenters.